The first-order chi connectivity index (χ1) is 7.13. The lowest BCUT2D eigenvalue weighted by molar-refractivity contribution is -0.0742. The van der Waals surface area contributed by atoms with Gasteiger partial charge in [-0.15, -0.1) is 11.3 Å². The molecule has 2 aromatic rings. The van der Waals surface area contributed by atoms with E-state index in [-0.39, 0.29) is 5.91 Å². The van der Waals surface area contributed by atoms with Gasteiger partial charge in [0.15, 0.2) is 6.29 Å². The zero-order valence-electron chi connectivity index (χ0n) is 8.30. The van der Waals surface area contributed by atoms with Crippen molar-refractivity contribution in [3.63, 3.8) is 0 Å². The number of aliphatic hydroxyl groups is 1. The Hall–Kier alpha value is -1.24. The second-order valence-electron chi connectivity index (χ2n) is 3.06. The molecule has 6 heteroatoms. The molecule has 0 spiro atoms. The fraction of sp³-hybridized carbons (Fsp3) is 0.333. The van der Waals surface area contributed by atoms with Gasteiger partial charge >= 0.3 is 0 Å². The molecule has 2 rings (SSSR count). The zero-order chi connectivity index (χ0) is 11.0. The van der Waals surface area contributed by atoms with Gasteiger partial charge in [-0.3, -0.25) is 4.79 Å². The third-order valence-corrected chi connectivity index (χ3v) is 3.13. The van der Waals surface area contributed by atoms with Crippen molar-refractivity contribution in [2.24, 2.45) is 0 Å². The smallest absolute Gasteiger partial charge is 0.244 e. The third-order valence-electron chi connectivity index (χ3n) is 2.04. The van der Waals surface area contributed by atoms with E-state index in [4.69, 9.17) is 4.74 Å². The van der Waals surface area contributed by atoms with Crippen LogP contribution in [0.25, 0.3) is 10.2 Å². The molecule has 0 fully saturated rings. The van der Waals surface area contributed by atoms with E-state index < -0.39 is 6.29 Å². The number of ether oxygens (including phenoxy) is 1. The van der Waals surface area contributed by atoms with Gasteiger partial charge in [0.05, 0.1) is 21.3 Å². The number of carbonyl (C=O) groups is 1. The summed E-state index contributed by atoms with van der Waals surface area (Å²) >= 11 is 1.36. The molecule has 80 valence electrons. The van der Waals surface area contributed by atoms with Crippen LogP contribution in [0.1, 0.15) is 22.9 Å². The molecule has 0 aromatic carbocycles. The molecule has 15 heavy (non-hydrogen) atoms. The summed E-state index contributed by atoms with van der Waals surface area (Å²) in [4.78, 5) is 11.8. The van der Waals surface area contributed by atoms with Crippen LogP contribution in [0.3, 0.4) is 0 Å². The summed E-state index contributed by atoms with van der Waals surface area (Å²) in [7, 11) is 1.42. The van der Waals surface area contributed by atoms with Gasteiger partial charge in [0.2, 0.25) is 5.91 Å². The van der Waals surface area contributed by atoms with Crippen molar-refractivity contribution >= 4 is 27.5 Å². The monoisotopic (exact) mass is 226 g/mol. The number of aromatic nitrogens is 2. The fourth-order valence-corrected chi connectivity index (χ4v) is 2.31. The Morgan fingerprint density at radius 3 is 3.07 bits per heavy atom. The Morgan fingerprint density at radius 1 is 1.73 bits per heavy atom. The van der Waals surface area contributed by atoms with Crippen molar-refractivity contribution < 1.29 is 14.6 Å². The van der Waals surface area contributed by atoms with Gasteiger partial charge in [0.25, 0.3) is 0 Å². The predicted octanol–water partition coefficient (Wildman–Crippen LogP) is 1.40. The first kappa shape index (κ1) is 10.3. The van der Waals surface area contributed by atoms with Crippen molar-refractivity contribution in [1.29, 1.82) is 0 Å². The van der Waals surface area contributed by atoms with Crippen LogP contribution in [-0.2, 0) is 4.74 Å². The number of thiophene rings is 1. The molecule has 1 N–H and O–H groups in total. The zero-order valence-corrected chi connectivity index (χ0v) is 9.11. The molecule has 0 bridgehead atoms. The highest BCUT2D eigenvalue weighted by atomic mass is 32.1. The number of hydrogen-bond donors (Lipinski definition) is 1. The molecule has 1 atom stereocenters. The molecular formula is C9H10N2O3S. The van der Waals surface area contributed by atoms with Gasteiger partial charge in [-0.25, -0.2) is 0 Å². The van der Waals surface area contributed by atoms with Crippen molar-refractivity contribution in [3.05, 3.63) is 17.1 Å². The maximum Gasteiger partial charge on any atom is 0.244 e. The van der Waals surface area contributed by atoms with E-state index >= 15 is 0 Å². The van der Waals surface area contributed by atoms with E-state index in [0.717, 1.165) is 4.70 Å². The van der Waals surface area contributed by atoms with E-state index in [2.05, 4.69) is 5.10 Å². The number of carbonyl (C=O) groups excluding carboxylic acids is 1. The highest BCUT2D eigenvalue weighted by molar-refractivity contribution is 7.19. The molecular weight excluding hydrogens is 216 g/mol. The minimum absolute atomic E-state index is 0.152. The van der Waals surface area contributed by atoms with Gasteiger partial charge in [-0.1, -0.05) is 0 Å². The van der Waals surface area contributed by atoms with Crippen molar-refractivity contribution in [3.8, 4) is 0 Å². The van der Waals surface area contributed by atoms with E-state index in [1.807, 2.05) is 0 Å². The molecule has 2 aromatic heterocycles. The van der Waals surface area contributed by atoms with Crippen LogP contribution >= 0.6 is 11.3 Å². The molecule has 0 amide bonds. The number of hydrogen-bond acceptors (Lipinski definition) is 5. The Balaban J connectivity index is 2.52. The lowest BCUT2D eigenvalue weighted by atomic mass is 10.4. The van der Waals surface area contributed by atoms with Crippen molar-refractivity contribution in [2.75, 3.05) is 7.11 Å². The van der Waals surface area contributed by atoms with Crippen LogP contribution in [0.5, 0.6) is 0 Å². The lowest BCUT2D eigenvalue weighted by Gasteiger charge is -2.03. The topological polar surface area (TPSA) is 64.3 Å². The largest absolute Gasteiger partial charge is 0.364 e. The van der Waals surface area contributed by atoms with Gasteiger partial charge in [0.1, 0.15) is 0 Å². The Morgan fingerprint density at radius 2 is 2.47 bits per heavy atom. The van der Waals surface area contributed by atoms with Gasteiger partial charge in [-0.2, -0.15) is 9.78 Å². The first-order valence-corrected chi connectivity index (χ1v) is 5.14. The van der Waals surface area contributed by atoms with Gasteiger partial charge in [0, 0.05) is 14.0 Å². The lowest BCUT2D eigenvalue weighted by Crippen LogP contribution is -2.06. The summed E-state index contributed by atoms with van der Waals surface area (Å²) in [6.45, 7) is 1.44. The Bertz CT molecular complexity index is 502. The molecule has 0 aliphatic rings. The molecule has 0 saturated heterocycles. The van der Waals surface area contributed by atoms with Crippen LogP contribution in [0, 0.1) is 0 Å². The van der Waals surface area contributed by atoms with Crippen LogP contribution in [-0.4, -0.2) is 27.9 Å². The minimum Gasteiger partial charge on any atom is -0.364 e. The van der Waals surface area contributed by atoms with E-state index in [1.54, 1.807) is 12.3 Å². The van der Waals surface area contributed by atoms with E-state index in [0.29, 0.717) is 10.4 Å². The number of methoxy groups -OCH3 is 1. The van der Waals surface area contributed by atoms with Crippen LogP contribution in [0.4, 0.5) is 0 Å². The predicted molar refractivity (Wildman–Crippen MR) is 55.9 cm³/mol. The van der Waals surface area contributed by atoms with Gasteiger partial charge < -0.3 is 9.84 Å². The molecule has 5 nitrogen and oxygen atoms in total. The molecule has 0 aliphatic heterocycles. The minimum atomic E-state index is -0.942. The van der Waals surface area contributed by atoms with Gasteiger partial charge in [-0.05, 0) is 6.07 Å². The fourth-order valence-electron chi connectivity index (χ4n) is 1.33. The molecule has 0 saturated carbocycles. The molecule has 2 heterocycles. The second kappa shape index (κ2) is 3.73. The number of fused-ring (bicyclic) bond motifs is 1. The summed E-state index contributed by atoms with van der Waals surface area (Å²) < 4.78 is 6.95. The van der Waals surface area contributed by atoms with E-state index in [1.165, 1.54) is 30.1 Å². The summed E-state index contributed by atoms with van der Waals surface area (Å²) in [5.41, 5.74) is 0.707. The van der Waals surface area contributed by atoms with Crippen molar-refractivity contribution in [2.45, 2.75) is 13.2 Å². The normalized spacial score (nSPS) is 13.3. The molecule has 0 aliphatic carbocycles. The standard InChI is InChI=1S/C9H10N2O3S/c1-5(12)11-6-3-7(9(13)14-2)15-8(6)4-10-11/h3-4,9,13H,1-2H3. The molecule has 0 radical (unpaired) electrons. The SMILES string of the molecule is COC(O)c1cc2c(cnn2C(C)=O)s1. The maximum atomic E-state index is 11.2. The van der Waals surface area contributed by atoms with Crippen molar-refractivity contribution in [1.82, 2.24) is 9.78 Å². The maximum absolute atomic E-state index is 11.2. The summed E-state index contributed by atoms with van der Waals surface area (Å²) in [5.74, 6) is -0.152. The quantitative estimate of drug-likeness (QED) is 0.786. The molecule has 1 unspecified atom stereocenters. The number of rotatable bonds is 2. The highest BCUT2D eigenvalue weighted by Crippen LogP contribution is 2.29. The van der Waals surface area contributed by atoms with Crippen LogP contribution in [0.2, 0.25) is 0 Å². The summed E-state index contributed by atoms with van der Waals surface area (Å²) in [6, 6.07) is 1.71. The average molecular weight is 226 g/mol. The number of aliphatic hydroxyl groups excluding tert-OH is 1. The first-order valence-electron chi connectivity index (χ1n) is 4.32. The summed E-state index contributed by atoms with van der Waals surface area (Å²) in [6.07, 6.45) is 0.663. The average Bonchev–Trinajstić information content (AvgIpc) is 2.73. The van der Waals surface area contributed by atoms with E-state index in [9.17, 15) is 9.90 Å². The van der Waals surface area contributed by atoms with Crippen LogP contribution in [0.15, 0.2) is 12.3 Å². The Labute approximate surface area is 89.9 Å². The third kappa shape index (κ3) is 1.67. The second-order valence-corrected chi connectivity index (χ2v) is 4.18. The summed E-state index contributed by atoms with van der Waals surface area (Å²) in [5, 5.41) is 13.4. The number of nitrogens with zero attached hydrogens (tertiary/aromatic N) is 2. The Kier molecular flexibility index (Phi) is 2.56. The highest BCUT2D eigenvalue weighted by Gasteiger charge is 2.14. The van der Waals surface area contributed by atoms with Crippen LogP contribution < -0.4 is 0 Å².